The van der Waals surface area contributed by atoms with Gasteiger partial charge in [-0.05, 0) is 48.0 Å². The van der Waals surface area contributed by atoms with E-state index in [0.717, 1.165) is 5.01 Å². The minimum Gasteiger partial charge on any atom is -0.493 e. The molecule has 1 heterocycles. The van der Waals surface area contributed by atoms with Gasteiger partial charge >= 0.3 is 5.97 Å². The summed E-state index contributed by atoms with van der Waals surface area (Å²) in [6.45, 7) is 0. The summed E-state index contributed by atoms with van der Waals surface area (Å²) < 4.78 is 23.9. The Labute approximate surface area is 163 Å². The Hall–Kier alpha value is -2.78. The van der Waals surface area contributed by atoms with Crippen molar-refractivity contribution < 1.29 is 23.5 Å². The molecule has 0 atom stereocenters. The normalized spacial score (nSPS) is 14.1. The minimum atomic E-state index is -0.639. The largest absolute Gasteiger partial charge is 0.493 e. The third-order valence-electron chi connectivity index (χ3n) is 3.52. The highest BCUT2D eigenvalue weighted by molar-refractivity contribution is 8.23. The number of hydrazone groups is 1. The van der Waals surface area contributed by atoms with E-state index < -0.39 is 11.8 Å². The second-order valence-electron chi connectivity index (χ2n) is 5.31. The van der Waals surface area contributed by atoms with Crippen LogP contribution in [0.2, 0.25) is 0 Å². The van der Waals surface area contributed by atoms with Crippen molar-refractivity contribution in [2.45, 2.75) is 0 Å². The molecule has 6 nitrogen and oxygen atoms in total. The fraction of sp³-hybridized carbons (Fsp3) is 0.111. The third kappa shape index (κ3) is 4.50. The van der Waals surface area contributed by atoms with E-state index in [1.54, 1.807) is 18.2 Å². The smallest absolute Gasteiger partial charge is 0.343 e. The van der Waals surface area contributed by atoms with Crippen molar-refractivity contribution in [3.05, 3.63) is 59.4 Å². The third-order valence-corrected chi connectivity index (χ3v) is 4.86. The van der Waals surface area contributed by atoms with E-state index in [1.807, 2.05) is 0 Å². The molecule has 1 saturated heterocycles. The number of thioether (sulfide) groups is 1. The van der Waals surface area contributed by atoms with Gasteiger partial charge in [-0.15, -0.1) is 0 Å². The van der Waals surface area contributed by atoms with Gasteiger partial charge in [-0.25, -0.2) is 9.18 Å². The summed E-state index contributed by atoms with van der Waals surface area (Å²) in [5.41, 5.74) is 0.837. The van der Waals surface area contributed by atoms with Crippen LogP contribution in [-0.4, -0.2) is 40.3 Å². The first-order valence-corrected chi connectivity index (χ1v) is 9.07. The van der Waals surface area contributed by atoms with Gasteiger partial charge in [0, 0.05) is 0 Å². The maximum absolute atomic E-state index is 13.0. The van der Waals surface area contributed by atoms with Crippen LogP contribution in [0.4, 0.5) is 4.39 Å². The van der Waals surface area contributed by atoms with Crippen molar-refractivity contribution >= 4 is 46.4 Å². The molecule has 0 N–H and O–H groups in total. The maximum atomic E-state index is 13.0. The zero-order valence-corrected chi connectivity index (χ0v) is 15.7. The van der Waals surface area contributed by atoms with Gasteiger partial charge in [0.2, 0.25) is 0 Å². The molecule has 0 saturated carbocycles. The number of carbonyl (C=O) groups excluding carboxylic acids is 2. The topological polar surface area (TPSA) is 68.2 Å². The van der Waals surface area contributed by atoms with Gasteiger partial charge in [-0.1, -0.05) is 24.0 Å². The molecular formula is C18H13FN2O4S2. The number of carbonyl (C=O) groups is 2. The number of thiocarbonyl (C=S) groups is 1. The fourth-order valence-corrected chi connectivity index (χ4v) is 3.14. The van der Waals surface area contributed by atoms with Crippen molar-refractivity contribution in [2.24, 2.45) is 5.10 Å². The number of methoxy groups -OCH3 is 1. The number of ether oxygens (including phenoxy) is 2. The Morgan fingerprint density at radius 3 is 2.63 bits per heavy atom. The van der Waals surface area contributed by atoms with E-state index in [4.69, 9.17) is 21.7 Å². The highest BCUT2D eigenvalue weighted by Gasteiger charge is 2.26. The summed E-state index contributed by atoms with van der Waals surface area (Å²) in [7, 11) is 1.43. The molecule has 2 aromatic carbocycles. The molecule has 0 bridgehead atoms. The molecule has 0 unspecified atom stereocenters. The molecule has 138 valence electrons. The monoisotopic (exact) mass is 404 g/mol. The van der Waals surface area contributed by atoms with Crippen LogP contribution in [0.3, 0.4) is 0 Å². The number of halogens is 1. The van der Waals surface area contributed by atoms with Gasteiger partial charge in [-0.3, -0.25) is 4.79 Å². The lowest BCUT2D eigenvalue weighted by Gasteiger charge is -2.10. The first-order chi connectivity index (χ1) is 13.0. The van der Waals surface area contributed by atoms with E-state index in [1.165, 1.54) is 49.4 Å². The van der Waals surface area contributed by atoms with Crippen LogP contribution < -0.4 is 9.47 Å². The average Bonchev–Trinajstić information content (AvgIpc) is 2.99. The first kappa shape index (κ1) is 19.0. The molecule has 2 aromatic rings. The Balaban J connectivity index is 1.76. The van der Waals surface area contributed by atoms with Gasteiger partial charge < -0.3 is 9.47 Å². The summed E-state index contributed by atoms with van der Waals surface area (Å²) in [6.07, 6.45) is 1.46. The minimum absolute atomic E-state index is 0.182. The van der Waals surface area contributed by atoms with Crippen LogP contribution in [0, 0.1) is 5.82 Å². The molecule has 1 aliphatic heterocycles. The second-order valence-corrected chi connectivity index (χ2v) is 6.92. The molecule has 3 rings (SSSR count). The summed E-state index contributed by atoms with van der Waals surface area (Å²) >= 11 is 6.31. The molecule has 27 heavy (non-hydrogen) atoms. The van der Waals surface area contributed by atoms with Crippen molar-refractivity contribution in [3.8, 4) is 11.5 Å². The predicted molar refractivity (Wildman–Crippen MR) is 104 cm³/mol. The maximum Gasteiger partial charge on any atom is 0.343 e. The summed E-state index contributed by atoms with van der Waals surface area (Å²) in [4.78, 5) is 23.8. The van der Waals surface area contributed by atoms with Crippen LogP contribution in [0.15, 0.2) is 47.6 Å². The van der Waals surface area contributed by atoms with Gasteiger partial charge in [0.05, 0.1) is 24.6 Å². The van der Waals surface area contributed by atoms with Crippen LogP contribution in [0.5, 0.6) is 11.5 Å². The second kappa shape index (κ2) is 8.28. The molecule has 1 fully saturated rings. The number of nitrogens with zero attached hydrogens (tertiary/aromatic N) is 2. The molecule has 0 spiro atoms. The Bertz CT molecular complexity index is 915. The predicted octanol–water partition coefficient (Wildman–Crippen LogP) is 3.25. The lowest BCUT2D eigenvalue weighted by molar-refractivity contribution is -0.124. The number of benzene rings is 2. The van der Waals surface area contributed by atoms with E-state index in [-0.39, 0.29) is 23.0 Å². The molecule has 0 radical (unpaired) electrons. The Morgan fingerprint density at radius 2 is 2.00 bits per heavy atom. The van der Waals surface area contributed by atoms with Crippen LogP contribution in [0.25, 0.3) is 0 Å². The fourth-order valence-electron chi connectivity index (χ4n) is 2.18. The highest BCUT2D eigenvalue weighted by atomic mass is 32.2. The van der Waals surface area contributed by atoms with E-state index in [2.05, 4.69) is 5.10 Å². The molecular weight excluding hydrogens is 391 g/mol. The van der Waals surface area contributed by atoms with E-state index in [0.29, 0.717) is 15.6 Å². The van der Waals surface area contributed by atoms with E-state index >= 15 is 0 Å². The zero-order chi connectivity index (χ0) is 19.4. The van der Waals surface area contributed by atoms with Gasteiger partial charge in [0.15, 0.2) is 15.8 Å². The lowest BCUT2D eigenvalue weighted by Crippen LogP contribution is -2.22. The molecule has 1 aliphatic rings. The number of rotatable bonds is 5. The van der Waals surface area contributed by atoms with Crippen molar-refractivity contribution in [1.82, 2.24) is 5.01 Å². The van der Waals surface area contributed by atoms with Crippen molar-refractivity contribution in [3.63, 3.8) is 0 Å². The van der Waals surface area contributed by atoms with E-state index in [9.17, 15) is 14.0 Å². The SMILES string of the molecule is COc1cc(/C=N\N2C(=O)CSC2=S)ccc1OC(=O)c1ccc(F)cc1. The van der Waals surface area contributed by atoms with Gasteiger partial charge in [-0.2, -0.15) is 10.1 Å². The number of hydrogen-bond acceptors (Lipinski definition) is 7. The molecule has 1 amide bonds. The zero-order valence-electron chi connectivity index (χ0n) is 14.0. The van der Waals surface area contributed by atoms with Gasteiger partial charge in [0.1, 0.15) is 5.82 Å². The van der Waals surface area contributed by atoms with Gasteiger partial charge in [0.25, 0.3) is 5.91 Å². The quantitative estimate of drug-likeness (QED) is 0.330. The average molecular weight is 404 g/mol. The van der Waals surface area contributed by atoms with Crippen LogP contribution in [-0.2, 0) is 4.79 Å². The standard InChI is InChI=1S/C18H13FN2O4S2/c1-24-15-8-11(9-20-21-16(22)10-27-18(21)26)2-7-14(15)25-17(23)12-3-5-13(19)6-4-12/h2-9H,10H2,1H3/b20-9-. The summed E-state index contributed by atoms with van der Waals surface area (Å²) in [5.74, 6) is -0.482. The lowest BCUT2D eigenvalue weighted by atomic mass is 10.2. The molecule has 0 aromatic heterocycles. The molecule has 0 aliphatic carbocycles. The Kier molecular flexibility index (Phi) is 5.82. The summed E-state index contributed by atoms with van der Waals surface area (Å²) in [6, 6.07) is 9.81. The number of hydrogen-bond donors (Lipinski definition) is 0. The molecule has 9 heteroatoms. The summed E-state index contributed by atoms with van der Waals surface area (Å²) in [5, 5.41) is 5.24. The highest BCUT2D eigenvalue weighted by Crippen LogP contribution is 2.28. The van der Waals surface area contributed by atoms with Crippen LogP contribution >= 0.6 is 24.0 Å². The van der Waals surface area contributed by atoms with Crippen molar-refractivity contribution in [1.29, 1.82) is 0 Å². The number of esters is 1. The Morgan fingerprint density at radius 1 is 1.26 bits per heavy atom. The first-order valence-electron chi connectivity index (χ1n) is 7.67. The number of amides is 1. The van der Waals surface area contributed by atoms with Crippen molar-refractivity contribution in [2.75, 3.05) is 12.9 Å². The van der Waals surface area contributed by atoms with Crippen LogP contribution in [0.1, 0.15) is 15.9 Å².